The van der Waals surface area contributed by atoms with E-state index in [1.54, 1.807) is 0 Å². The van der Waals surface area contributed by atoms with Crippen molar-refractivity contribution in [1.82, 2.24) is 0 Å². The molecule has 328 valence electrons. The van der Waals surface area contributed by atoms with Gasteiger partial charge in [0.05, 0.1) is 23.1 Å². The molecule has 5 heteroatoms. The van der Waals surface area contributed by atoms with E-state index in [9.17, 15) is 0 Å². The smallest absolute Gasteiger partial charge is 0.159 e. The Morgan fingerprint density at radius 2 is 1.01 bits per heavy atom. The molecule has 0 spiro atoms. The Bertz CT molecular complexity index is 4590. The number of anilines is 5. The van der Waals surface area contributed by atoms with E-state index in [1.807, 2.05) is 6.07 Å². The zero-order valence-electron chi connectivity index (χ0n) is 37.8. The number of nitrogens with zero attached hydrogens (tertiary/aromatic N) is 2. The van der Waals surface area contributed by atoms with Gasteiger partial charge in [0.15, 0.2) is 11.2 Å². The fourth-order valence-corrected chi connectivity index (χ4v) is 12.3. The second-order valence-corrected chi connectivity index (χ2v) is 19.0. The van der Waals surface area contributed by atoms with Crippen LogP contribution in [0.1, 0.15) is 29.2 Å². The van der Waals surface area contributed by atoms with E-state index in [0.717, 1.165) is 107 Å². The lowest BCUT2D eigenvalue weighted by molar-refractivity contribution is 0.659. The molecule has 1 unspecified atom stereocenters. The second-order valence-electron chi connectivity index (χ2n) is 19.0. The lowest BCUT2D eigenvalue weighted by Crippen LogP contribution is -2.28. The van der Waals surface area contributed by atoms with Gasteiger partial charge in [-0.05, 0) is 129 Å². The normalized spacial score (nSPS) is 14.1. The average Bonchev–Trinajstić information content (AvgIpc) is 4.19. The van der Waals surface area contributed by atoms with Crippen LogP contribution >= 0.6 is 0 Å². The van der Waals surface area contributed by atoms with Crippen LogP contribution in [0, 0.1) is 0 Å². The summed E-state index contributed by atoms with van der Waals surface area (Å²) in [4.78, 5) is 4.97. The van der Waals surface area contributed by atoms with Crippen LogP contribution in [0.4, 0.5) is 28.4 Å². The molecule has 16 rings (SSSR count). The van der Waals surface area contributed by atoms with E-state index in [1.165, 1.54) is 54.6 Å². The average molecular weight is 897 g/mol. The molecule has 3 aromatic heterocycles. The first-order valence-corrected chi connectivity index (χ1v) is 24.2. The minimum atomic E-state index is -0.0701. The molecule has 0 amide bonds. The maximum Gasteiger partial charge on any atom is 0.159 e. The summed E-state index contributed by atoms with van der Waals surface area (Å²) >= 11 is 0. The quantitative estimate of drug-likeness (QED) is 0.166. The van der Waals surface area contributed by atoms with E-state index < -0.39 is 0 Å². The van der Waals surface area contributed by atoms with Gasteiger partial charge < -0.3 is 23.1 Å². The van der Waals surface area contributed by atoms with Gasteiger partial charge in [0.25, 0.3) is 0 Å². The highest BCUT2D eigenvalue weighted by atomic mass is 16.3. The van der Waals surface area contributed by atoms with Gasteiger partial charge in [-0.3, -0.25) is 0 Å². The van der Waals surface area contributed by atoms with Crippen LogP contribution in [0.2, 0.25) is 0 Å². The highest BCUT2D eigenvalue weighted by Gasteiger charge is 2.31. The number of hydrogen-bond acceptors (Lipinski definition) is 5. The summed E-state index contributed by atoms with van der Waals surface area (Å²) in [6.07, 6.45) is 4.14. The maximum absolute atomic E-state index is 6.85. The lowest BCUT2D eigenvalue weighted by Gasteiger charge is -2.36. The Balaban J connectivity index is 0.935. The second kappa shape index (κ2) is 14.2. The number of rotatable bonds is 6. The van der Waals surface area contributed by atoms with E-state index in [2.05, 4.69) is 216 Å². The van der Waals surface area contributed by atoms with Gasteiger partial charge in [0.1, 0.15) is 22.3 Å². The van der Waals surface area contributed by atoms with Crippen LogP contribution < -0.4 is 15.0 Å². The molecule has 0 N–H and O–H groups in total. The Morgan fingerprint density at radius 3 is 1.81 bits per heavy atom. The first-order chi connectivity index (χ1) is 34.7. The summed E-state index contributed by atoms with van der Waals surface area (Å²) < 4.78 is 20.1. The molecule has 0 saturated carbocycles. The standard InChI is InChI=1S/C65H40N2O3/c1-2-12-44-40(11-1)35-41-36-42(27-31-45(41)44)66(56-18-9-16-49-46-13-3-7-21-59(46)69-64(49)56)54-32-25-38-24-30-52-55(33-26-39-23-29-51(54)62(38)63(39)52)67(43-28-34-61-53(37-43)48-15-5-6-20-58(48)68-61)57-19-10-17-50-47-14-4-8-22-60(47)70-65(50)57/h1-32,34,36-37,55H,33,35H2. The van der Waals surface area contributed by atoms with Crippen molar-refractivity contribution >= 4 is 122 Å². The first kappa shape index (κ1) is 38.0. The van der Waals surface area contributed by atoms with E-state index in [0.29, 0.717) is 0 Å². The van der Waals surface area contributed by atoms with Gasteiger partial charge in [-0.1, -0.05) is 146 Å². The number of benzene rings is 11. The number of hydrogen-bond donors (Lipinski definition) is 0. The fourth-order valence-electron chi connectivity index (χ4n) is 12.3. The van der Waals surface area contributed by atoms with Gasteiger partial charge in [-0.2, -0.15) is 0 Å². The molecular formula is C65H40N2O3. The largest absolute Gasteiger partial charge is 0.456 e. The van der Waals surface area contributed by atoms with Crippen molar-refractivity contribution < 1.29 is 13.3 Å². The minimum Gasteiger partial charge on any atom is -0.456 e. The molecule has 0 fully saturated rings. The van der Waals surface area contributed by atoms with Crippen molar-refractivity contribution in [3.63, 3.8) is 0 Å². The predicted octanol–water partition coefficient (Wildman–Crippen LogP) is 17.5. The zero-order chi connectivity index (χ0) is 45.6. The summed E-state index contributed by atoms with van der Waals surface area (Å²) in [7, 11) is 0. The molecule has 14 aromatic rings. The van der Waals surface area contributed by atoms with E-state index in [-0.39, 0.29) is 6.04 Å². The van der Waals surface area contributed by atoms with Crippen molar-refractivity contribution in [3.05, 3.63) is 228 Å². The van der Waals surface area contributed by atoms with Crippen molar-refractivity contribution in [2.45, 2.75) is 18.9 Å². The van der Waals surface area contributed by atoms with Gasteiger partial charge in [0.2, 0.25) is 0 Å². The van der Waals surface area contributed by atoms with Crippen LogP contribution in [0.5, 0.6) is 0 Å². The minimum absolute atomic E-state index is 0.0701. The molecule has 0 saturated heterocycles. The van der Waals surface area contributed by atoms with Gasteiger partial charge in [-0.15, -0.1) is 0 Å². The highest BCUT2D eigenvalue weighted by molar-refractivity contribution is 6.19. The highest BCUT2D eigenvalue weighted by Crippen LogP contribution is 2.51. The SMILES string of the molecule is C1=c2ccc3c(N(c4ccc5c(c4)Cc4ccccc4-5)c4cccc5c4oc4ccccc45)ccc4ccc(c2c43)C(N(c2ccc3oc4ccccc4c3c2)c2cccc3c2oc2ccccc23)C1. The predicted molar refractivity (Wildman–Crippen MR) is 288 cm³/mol. The van der Waals surface area contributed by atoms with E-state index >= 15 is 0 Å². The molecule has 70 heavy (non-hydrogen) atoms. The Kier molecular flexibility index (Phi) is 7.72. The fraction of sp³-hybridized carbons (Fsp3) is 0.0462. The first-order valence-electron chi connectivity index (χ1n) is 24.2. The van der Waals surface area contributed by atoms with Gasteiger partial charge in [0, 0.05) is 49.1 Å². The molecule has 1 atom stereocenters. The molecule has 2 aliphatic rings. The van der Waals surface area contributed by atoms with Crippen molar-refractivity contribution in [1.29, 1.82) is 0 Å². The number of fused-ring (bicyclic) bond motifs is 12. The van der Waals surface area contributed by atoms with Crippen molar-refractivity contribution in [3.8, 4) is 11.1 Å². The molecular weight excluding hydrogens is 857 g/mol. The lowest BCUT2D eigenvalue weighted by atomic mass is 9.85. The number of furan rings is 3. The Labute approximate surface area is 401 Å². The summed E-state index contributed by atoms with van der Waals surface area (Å²) in [5.74, 6) is 0. The maximum atomic E-state index is 6.85. The number of para-hydroxylation sites is 5. The Hall–Kier alpha value is -9.06. The molecule has 2 aliphatic carbocycles. The Morgan fingerprint density at radius 1 is 0.386 bits per heavy atom. The monoisotopic (exact) mass is 896 g/mol. The zero-order valence-corrected chi connectivity index (χ0v) is 37.8. The topological polar surface area (TPSA) is 45.9 Å². The third kappa shape index (κ3) is 5.32. The third-order valence-corrected chi connectivity index (χ3v) is 15.4. The van der Waals surface area contributed by atoms with Crippen LogP contribution in [0.3, 0.4) is 0 Å². The molecule has 0 radical (unpaired) electrons. The van der Waals surface area contributed by atoms with Gasteiger partial charge >= 0.3 is 0 Å². The molecule has 0 aliphatic heterocycles. The van der Waals surface area contributed by atoms with Crippen LogP contribution in [0.15, 0.2) is 220 Å². The van der Waals surface area contributed by atoms with Crippen LogP contribution in [0.25, 0.3) is 105 Å². The van der Waals surface area contributed by atoms with Gasteiger partial charge in [-0.25, -0.2) is 0 Å². The summed E-state index contributed by atoms with van der Waals surface area (Å²) in [5, 5.41) is 12.8. The molecule has 3 heterocycles. The van der Waals surface area contributed by atoms with E-state index in [4.69, 9.17) is 13.3 Å². The van der Waals surface area contributed by atoms with Crippen molar-refractivity contribution in [2.75, 3.05) is 9.80 Å². The summed E-state index contributed by atoms with van der Waals surface area (Å²) in [6, 6.07) is 74.7. The molecule has 5 nitrogen and oxygen atoms in total. The molecule has 11 aromatic carbocycles. The summed E-state index contributed by atoms with van der Waals surface area (Å²) in [5.41, 5.74) is 17.2. The molecule has 0 bridgehead atoms. The van der Waals surface area contributed by atoms with Crippen LogP contribution in [-0.4, -0.2) is 0 Å². The van der Waals surface area contributed by atoms with Crippen LogP contribution in [-0.2, 0) is 6.42 Å². The van der Waals surface area contributed by atoms with Crippen molar-refractivity contribution in [2.24, 2.45) is 0 Å². The third-order valence-electron chi connectivity index (χ3n) is 15.4. The summed E-state index contributed by atoms with van der Waals surface area (Å²) in [6.45, 7) is 0.